The van der Waals surface area contributed by atoms with Gasteiger partial charge in [0, 0.05) is 13.0 Å². The average Bonchev–Trinajstić information content (AvgIpc) is 3.31. The number of rotatable bonds is 4. The Balaban J connectivity index is 2.34. The minimum absolute atomic E-state index is 0.00594. The number of likely N-dealkylation sites (N-methyl/N-ethyl adjacent to an activating group) is 1. The predicted molar refractivity (Wildman–Crippen MR) is 144 cm³/mol. The van der Waals surface area contributed by atoms with E-state index in [2.05, 4.69) is 31.6 Å². The van der Waals surface area contributed by atoms with Crippen LogP contribution in [0.4, 0.5) is 0 Å². The molecule has 0 saturated heterocycles. The van der Waals surface area contributed by atoms with Gasteiger partial charge in [-0.25, -0.2) is 4.79 Å². The molecular formula is C26H43N7O7. The molecule has 1 aromatic heterocycles. The Hall–Kier alpha value is -3.39. The molecule has 3 amide bonds. The number of aryl methyl sites for hydroxylation is 1. The summed E-state index contributed by atoms with van der Waals surface area (Å²) in [5, 5.41) is 19.1. The lowest BCUT2D eigenvalue weighted by Crippen LogP contribution is -2.63. The molecule has 2 rings (SSSR count). The SMILES string of the molecule is CN[C@H]1CCCn2cc(nn2)COC[C@@H](C(=O)NC(C)(C)C(=O)OC)NC(=O)C(C)(C)NC(=O)C(C)(C)CC1=O. The summed E-state index contributed by atoms with van der Waals surface area (Å²) in [7, 11) is 2.90. The molecular weight excluding hydrogens is 522 g/mol. The number of carbonyl (C=O) groups excluding carboxylic acids is 5. The Morgan fingerprint density at radius 3 is 2.48 bits per heavy atom. The fraction of sp³-hybridized carbons (Fsp3) is 0.731. The van der Waals surface area contributed by atoms with Crippen molar-refractivity contribution in [2.24, 2.45) is 5.41 Å². The Bertz CT molecular complexity index is 1100. The molecule has 1 aliphatic heterocycles. The molecule has 224 valence electrons. The highest BCUT2D eigenvalue weighted by atomic mass is 16.5. The van der Waals surface area contributed by atoms with E-state index in [1.54, 1.807) is 31.8 Å². The number of methoxy groups -OCH3 is 1. The summed E-state index contributed by atoms with van der Waals surface area (Å²) in [5.74, 6) is -2.65. The first-order valence-corrected chi connectivity index (χ1v) is 13.2. The first kappa shape index (κ1) is 32.8. The van der Waals surface area contributed by atoms with Crippen molar-refractivity contribution in [3.8, 4) is 0 Å². The topological polar surface area (TPSA) is 183 Å². The Morgan fingerprint density at radius 2 is 1.85 bits per heavy atom. The fourth-order valence-electron chi connectivity index (χ4n) is 4.09. The maximum Gasteiger partial charge on any atom is 0.330 e. The van der Waals surface area contributed by atoms with E-state index in [-0.39, 0.29) is 25.4 Å². The molecule has 0 saturated carbocycles. The van der Waals surface area contributed by atoms with Gasteiger partial charge in [-0.1, -0.05) is 19.1 Å². The second kappa shape index (κ2) is 13.3. The Morgan fingerprint density at radius 1 is 1.18 bits per heavy atom. The van der Waals surface area contributed by atoms with E-state index in [1.165, 1.54) is 34.8 Å². The smallest absolute Gasteiger partial charge is 0.330 e. The molecule has 1 aromatic rings. The molecule has 2 bridgehead atoms. The summed E-state index contributed by atoms with van der Waals surface area (Å²) in [4.78, 5) is 64.9. The minimum Gasteiger partial charge on any atom is -0.467 e. The normalized spacial score (nSPS) is 23.1. The number of esters is 1. The number of hydrogen-bond donors (Lipinski definition) is 4. The van der Waals surface area contributed by atoms with Crippen molar-refractivity contribution < 1.29 is 33.4 Å². The number of ketones is 1. The van der Waals surface area contributed by atoms with Crippen LogP contribution in [0.15, 0.2) is 6.20 Å². The summed E-state index contributed by atoms with van der Waals surface area (Å²) in [6.07, 6.45) is 2.83. The molecule has 1 aliphatic rings. The van der Waals surface area contributed by atoms with Gasteiger partial charge in [-0.05, 0) is 47.6 Å². The van der Waals surface area contributed by atoms with E-state index < -0.39 is 52.3 Å². The number of nitrogens with one attached hydrogen (secondary N) is 4. The van der Waals surface area contributed by atoms with Crippen molar-refractivity contribution in [1.29, 1.82) is 0 Å². The summed E-state index contributed by atoms with van der Waals surface area (Å²) < 4.78 is 12.1. The molecule has 40 heavy (non-hydrogen) atoms. The van der Waals surface area contributed by atoms with E-state index in [1.807, 2.05) is 0 Å². The summed E-state index contributed by atoms with van der Waals surface area (Å²) in [5.41, 5.74) is -3.44. The number of Topliss-reactive ketones (excluding diaryl/α,β-unsaturated/α-hetero) is 1. The number of amides is 3. The van der Waals surface area contributed by atoms with Crippen LogP contribution in [-0.4, -0.2) is 88.4 Å². The van der Waals surface area contributed by atoms with Crippen molar-refractivity contribution in [2.75, 3.05) is 20.8 Å². The van der Waals surface area contributed by atoms with Gasteiger partial charge in [0.05, 0.1) is 38.0 Å². The van der Waals surface area contributed by atoms with Crippen molar-refractivity contribution in [3.05, 3.63) is 11.9 Å². The molecule has 14 heteroatoms. The zero-order chi connectivity index (χ0) is 30.3. The lowest BCUT2D eigenvalue weighted by molar-refractivity contribution is -0.150. The van der Waals surface area contributed by atoms with Gasteiger partial charge in [0.25, 0.3) is 0 Å². The summed E-state index contributed by atoms with van der Waals surface area (Å²) in [6.45, 7) is 9.45. The standard InChI is InChI=1S/C26H43N7O7/c1-24(2)12-19(34)17(27-7)10-9-11-33-13-16(31-32-33)14-40-15-18(20(35)29-26(5,6)23(38)39-8)28-22(37)25(3,4)30-21(24)36/h13,17-18,27H,9-12,14-15H2,1-8H3,(H,28,37)(H,29,35)(H,30,36)/t17-,18-/m0/s1. The van der Waals surface area contributed by atoms with Gasteiger partial charge in [-0.2, -0.15) is 0 Å². The van der Waals surface area contributed by atoms with Crippen molar-refractivity contribution in [2.45, 2.75) is 97.1 Å². The highest BCUT2D eigenvalue weighted by molar-refractivity contribution is 5.98. The second-order valence-electron chi connectivity index (χ2n) is 11.7. The molecule has 2 heterocycles. The first-order valence-electron chi connectivity index (χ1n) is 13.2. The highest BCUT2D eigenvalue weighted by Gasteiger charge is 2.40. The molecule has 0 unspecified atom stereocenters. The Labute approximate surface area is 234 Å². The van der Waals surface area contributed by atoms with Crippen LogP contribution in [0.25, 0.3) is 0 Å². The van der Waals surface area contributed by atoms with Gasteiger partial charge in [0.2, 0.25) is 17.7 Å². The van der Waals surface area contributed by atoms with Crippen LogP contribution < -0.4 is 21.3 Å². The van der Waals surface area contributed by atoms with E-state index in [9.17, 15) is 24.0 Å². The minimum atomic E-state index is -1.46. The lowest BCUT2D eigenvalue weighted by Gasteiger charge is -2.33. The molecule has 0 aromatic carbocycles. The monoisotopic (exact) mass is 565 g/mol. The second-order valence-corrected chi connectivity index (χ2v) is 11.7. The van der Waals surface area contributed by atoms with E-state index in [4.69, 9.17) is 9.47 Å². The van der Waals surface area contributed by atoms with Gasteiger partial charge >= 0.3 is 5.97 Å². The van der Waals surface area contributed by atoms with Crippen LogP contribution >= 0.6 is 0 Å². The molecule has 0 aliphatic carbocycles. The number of carbonyl (C=O) groups is 5. The van der Waals surface area contributed by atoms with Gasteiger partial charge in [0.1, 0.15) is 22.8 Å². The Kier molecular flexibility index (Phi) is 10.9. The third-order valence-corrected chi connectivity index (χ3v) is 6.72. The largest absolute Gasteiger partial charge is 0.467 e. The van der Waals surface area contributed by atoms with Crippen LogP contribution in [0.2, 0.25) is 0 Å². The lowest BCUT2D eigenvalue weighted by atomic mass is 9.83. The van der Waals surface area contributed by atoms with Gasteiger partial charge in [-0.3, -0.25) is 23.9 Å². The number of ether oxygens (including phenoxy) is 2. The highest BCUT2D eigenvalue weighted by Crippen LogP contribution is 2.24. The van der Waals surface area contributed by atoms with E-state index in [0.29, 0.717) is 25.1 Å². The quantitative estimate of drug-likeness (QED) is 0.351. The summed E-state index contributed by atoms with van der Waals surface area (Å²) >= 11 is 0. The number of hydrogen-bond acceptors (Lipinski definition) is 10. The maximum absolute atomic E-state index is 13.3. The molecule has 0 radical (unpaired) electrons. The van der Waals surface area contributed by atoms with Crippen molar-refractivity contribution in [3.63, 3.8) is 0 Å². The van der Waals surface area contributed by atoms with Gasteiger partial charge in [0.15, 0.2) is 5.78 Å². The van der Waals surface area contributed by atoms with Crippen molar-refractivity contribution >= 4 is 29.5 Å². The van der Waals surface area contributed by atoms with Crippen molar-refractivity contribution in [1.82, 2.24) is 36.3 Å². The van der Waals surface area contributed by atoms with E-state index in [0.717, 1.165) is 0 Å². The maximum atomic E-state index is 13.3. The molecule has 14 nitrogen and oxygen atoms in total. The third-order valence-electron chi connectivity index (χ3n) is 6.72. The van der Waals surface area contributed by atoms with Crippen LogP contribution in [0, 0.1) is 5.41 Å². The first-order chi connectivity index (χ1) is 18.5. The van der Waals surface area contributed by atoms with Crippen LogP contribution in [-0.2, 0) is 46.6 Å². The fourth-order valence-corrected chi connectivity index (χ4v) is 4.09. The molecule has 0 spiro atoms. The number of aromatic nitrogens is 3. The zero-order valence-corrected chi connectivity index (χ0v) is 24.7. The molecule has 2 atom stereocenters. The molecule has 4 N–H and O–H groups in total. The summed E-state index contributed by atoms with van der Waals surface area (Å²) in [6, 6.07) is -1.68. The van der Waals surface area contributed by atoms with Crippen LogP contribution in [0.3, 0.4) is 0 Å². The number of fused-ring (bicyclic) bond motifs is 2. The predicted octanol–water partition coefficient (Wildman–Crippen LogP) is -0.391. The van der Waals surface area contributed by atoms with Crippen LogP contribution in [0.5, 0.6) is 0 Å². The van der Waals surface area contributed by atoms with E-state index >= 15 is 0 Å². The van der Waals surface area contributed by atoms with Crippen LogP contribution in [0.1, 0.15) is 66.5 Å². The third kappa shape index (κ3) is 8.81. The average molecular weight is 566 g/mol. The van der Waals surface area contributed by atoms with Gasteiger partial charge < -0.3 is 30.7 Å². The number of nitrogens with zero attached hydrogens (tertiary/aromatic N) is 3. The molecule has 0 fully saturated rings. The van der Waals surface area contributed by atoms with Gasteiger partial charge in [-0.15, -0.1) is 5.10 Å². The zero-order valence-electron chi connectivity index (χ0n) is 24.7.